The zero-order valence-corrected chi connectivity index (χ0v) is 57.0. The number of nitrogens with zero attached hydrogens (tertiary/aromatic N) is 4. The molecule has 14 rings (SSSR count). The Balaban J connectivity index is 0.919. The highest BCUT2D eigenvalue weighted by atomic mass is 28.3. The van der Waals surface area contributed by atoms with Crippen molar-refractivity contribution in [2.75, 3.05) is 21.4 Å². The molecule has 0 bridgehead atoms. The Kier molecular flexibility index (Phi) is 13.0. The SMILES string of the molecule is [2H]c1c([2H])c([2H])c(-c2cccc(-c3cc(-c4cccc(C(C)(C)C)c4)cc(C(C)(C)C)c3)c2N2CN(c3cccc(Oc4ccc5c(c4)N(c4cc(C(C)(C)C)ccn4)c4ccccc4[Si]54c5ccc(C(C)(C)C)cc5-c5cc(C(C)(C)C)ccc54)c3)c3ccccc32)c([2H])c1[2H]. The lowest BCUT2D eigenvalue weighted by molar-refractivity contribution is 0.483. The minimum atomic E-state index is -3.09. The number of hydrogen-bond acceptors (Lipinski definition) is 5. The third kappa shape index (κ3) is 10.4. The molecule has 1 aromatic heterocycles. The number of benzene rings is 10. The van der Waals surface area contributed by atoms with Crippen molar-refractivity contribution >= 4 is 68.8 Å². The smallest absolute Gasteiger partial charge is 0.185 e. The molecular formula is C86H86N4OSi. The lowest BCUT2D eigenvalue weighted by Crippen LogP contribution is -2.75. The zero-order chi connectivity index (χ0) is 68.8. The minimum absolute atomic E-state index is 0.0607. The number of para-hydroxylation sites is 4. The monoisotopic (exact) mass is 1220 g/mol. The molecule has 3 aliphatic heterocycles. The lowest BCUT2D eigenvalue weighted by atomic mass is 9.81. The number of hydrogen-bond donors (Lipinski definition) is 0. The van der Waals surface area contributed by atoms with Gasteiger partial charge in [0.15, 0.2) is 8.07 Å². The second-order valence-corrected chi connectivity index (χ2v) is 34.3. The van der Waals surface area contributed by atoms with Crippen LogP contribution in [0, 0.1) is 0 Å². The number of ether oxygens (including phenoxy) is 1. The topological polar surface area (TPSA) is 31.8 Å². The Morgan fingerprint density at radius 2 is 0.891 bits per heavy atom. The second kappa shape index (κ2) is 22.0. The molecule has 0 radical (unpaired) electrons. The molecule has 1 spiro atoms. The summed E-state index contributed by atoms with van der Waals surface area (Å²) in [6, 6.07) is 71.4. The van der Waals surface area contributed by atoms with Gasteiger partial charge in [-0.15, -0.1) is 0 Å². The normalized spacial score (nSPS) is 15.0. The molecule has 5 nitrogen and oxygen atoms in total. The molecule has 0 atom stereocenters. The summed E-state index contributed by atoms with van der Waals surface area (Å²) in [7, 11) is -3.09. The van der Waals surface area contributed by atoms with Gasteiger partial charge in [-0.2, -0.15) is 0 Å². The molecule has 0 fully saturated rings. The zero-order valence-electron chi connectivity index (χ0n) is 61.0. The third-order valence-corrected chi connectivity index (χ3v) is 24.2. The van der Waals surface area contributed by atoms with Crippen molar-refractivity contribution in [3.8, 4) is 56.0 Å². The van der Waals surface area contributed by atoms with E-state index in [1.54, 1.807) is 0 Å². The van der Waals surface area contributed by atoms with E-state index >= 15 is 0 Å². The molecule has 0 aliphatic carbocycles. The van der Waals surface area contributed by atoms with E-state index in [0.717, 1.165) is 67.8 Å². The van der Waals surface area contributed by atoms with Crippen LogP contribution in [0.2, 0.25) is 0 Å². The molecule has 10 aromatic carbocycles. The van der Waals surface area contributed by atoms with Gasteiger partial charge < -0.3 is 14.5 Å². The summed E-state index contributed by atoms with van der Waals surface area (Å²) in [5, 5.41) is 5.38. The van der Waals surface area contributed by atoms with Gasteiger partial charge >= 0.3 is 0 Å². The van der Waals surface area contributed by atoms with Gasteiger partial charge in [-0.05, 0) is 164 Å². The Bertz CT molecular complexity index is 4930. The van der Waals surface area contributed by atoms with E-state index in [2.05, 4.69) is 288 Å². The van der Waals surface area contributed by atoms with Crippen molar-refractivity contribution in [1.82, 2.24) is 4.98 Å². The predicted octanol–water partition coefficient (Wildman–Crippen LogP) is 20.8. The van der Waals surface area contributed by atoms with Crippen LogP contribution in [0.1, 0.15) is 139 Å². The molecule has 0 saturated heterocycles. The van der Waals surface area contributed by atoms with Crippen LogP contribution in [-0.4, -0.2) is 19.7 Å². The van der Waals surface area contributed by atoms with Gasteiger partial charge in [0.25, 0.3) is 0 Å². The van der Waals surface area contributed by atoms with Gasteiger partial charge in [0, 0.05) is 40.8 Å². The molecule has 460 valence electrons. The molecular weight excluding hydrogens is 1130 g/mol. The fourth-order valence-corrected chi connectivity index (χ4v) is 19.6. The van der Waals surface area contributed by atoms with E-state index in [9.17, 15) is 2.74 Å². The molecule has 0 unspecified atom stereocenters. The maximum Gasteiger partial charge on any atom is 0.185 e. The van der Waals surface area contributed by atoms with Crippen LogP contribution in [0.5, 0.6) is 11.5 Å². The molecule has 0 amide bonds. The minimum Gasteiger partial charge on any atom is -0.457 e. The fraction of sp³-hybridized carbons (Fsp3) is 0.244. The first kappa shape index (κ1) is 54.5. The molecule has 92 heavy (non-hydrogen) atoms. The van der Waals surface area contributed by atoms with E-state index in [1.807, 2.05) is 36.5 Å². The number of aromatic nitrogens is 1. The summed E-state index contributed by atoms with van der Waals surface area (Å²) in [6.07, 6.45) is 1.95. The summed E-state index contributed by atoms with van der Waals surface area (Å²) >= 11 is 0. The van der Waals surface area contributed by atoms with E-state index in [-0.39, 0.29) is 56.8 Å². The largest absolute Gasteiger partial charge is 0.457 e. The fourth-order valence-electron chi connectivity index (χ4n) is 14.1. The van der Waals surface area contributed by atoms with Gasteiger partial charge in [-0.3, -0.25) is 4.90 Å². The van der Waals surface area contributed by atoms with Gasteiger partial charge in [0.05, 0.1) is 29.6 Å². The van der Waals surface area contributed by atoms with Crippen LogP contribution in [0.25, 0.3) is 44.5 Å². The van der Waals surface area contributed by atoms with Gasteiger partial charge in [0.2, 0.25) is 0 Å². The molecule has 11 aromatic rings. The maximum absolute atomic E-state index is 9.48. The second-order valence-electron chi connectivity index (χ2n) is 30.6. The van der Waals surface area contributed by atoms with Crippen LogP contribution in [0.15, 0.2) is 237 Å². The van der Waals surface area contributed by atoms with E-state index in [0.29, 0.717) is 23.7 Å². The van der Waals surface area contributed by atoms with E-state index in [4.69, 9.17) is 13.8 Å². The molecule has 3 aliphatic rings. The number of rotatable bonds is 8. The predicted molar refractivity (Wildman–Crippen MR) is 393 cm³/mol. The maximum atomic E-state index is 9.48. The average molecular weight is 1220 g/mol. The quantitative estimate of drug-likeness (QED) is 0.142. The Labute approximate surface area is 555 Å². The first-order valence-electron chi connectivity index (χ1n) is 35.0. The standard InChI is InChI=1S/C86H86N4OSi/c1-82(2,3)60-29-23-28-57(47-60)58-46-59(49-64(48-58)86(13,14)15)69-33-25-32-68(56-26-17-16-18-27-56)81(69)89-55-88(72-34-19-20-35-73(72)89)65-30-24-31-66(53-65)91-67-40-43-79-75(54-67)90(80-52-63(44-45-87-80)85(10,11)12)74-36-21-22-37-78(74)92(79)76-41-38-61(83(4,5)6)50-70(76)71-51-62(84(7,8)9)39-42-77(71)92/h16-54H,55H2,1-15H3/i16D,17D,18D,26D,27D. The Hall–Kier alpha value is -9.23. The van der Waals surface area contributed by atoms with Crippen molar-refractivity contribution < 1.29 is 11.6 Å². The van der Waals surface area contributed by atoms with Crippen LogP contribution < -0.4 is 40.2 Å². The third-order valence-electron chi connectivity index (χ3n) is 19.2. The highest BCUT2D eigenvalue weighted by Crippen LogP contribution is 2.52. The van der Waals surface area contributed by atoms with Crippen LogP contribution >= 0.6 is 0 Å². The summed E-state index contributed by atoms with van der Waals surface area (Å²) in [6.45, 7) is 34.4. The highest BCUT2D eigenvalue weighted by Gasteiger charge is 2.55. The van der Waals surface area contributed by atoms with Crippen LogP contribution in [-0.2, 0) is 27.1 Å². The molecule has 0 N–H and O–H groups in total. The van der Waals surface area contributed by atoms with Crippen LogP contribution in [0.4, 0.5) is 39.9 Å². The molecule has 4 heterocycles. The Morgan fingerprint density at radius 3 is 1.54 bits per heavy atom. The van der Waals surface area contributed by atoms with Crippen molar-refractivity contribution in [3.63, 3.8) is 0 Å². The Morgan fingerprint density at radius 1 is 0.370 bits per heavy atom. The summed E-state index contributed by atoms with van der Waals surface area (Å²) < 4.78 is 52.8. The van der Waals surface area contributed by atoms with Crippen LogP contribution in [0.3, 0.4) is 0 Å². The van der Waals surface area contributed by atoms with E-state index in [1.165, 1.54) is 54.1 Å². The van der Waals surface area contributed by atoms with Gasteiger partial charge in [0.1, 0.15) is 24.0 Å². The summed E-state index contributed by atoms with van der Waals surface area (Å²) in [5.74, 6) is 2.18. The molecule has 0 saturated carbocycles. The number of fused-ring (bicyclic) bond motifs is 10. The summed E-state index contributed by atoms with van der Waals surface area (Å²) in [5.41, 5.74) is 18.5. The van der Waals surface area contributed by atoms with Crippen molar-refractivity contribution in [1.29, 1.82) is 0 Å². The highest BCUT2D eigenvalue weighted by molar-refractivity contribution is 7.23. The average Bonchev–Trinajstić information content (AvgIpc) is 1.59. The van der Waals surface area contributed by atoms with Crippen molar-refractivity contribution in [3.05, 3.63) is 264 Å². The first-order valence-corrected chi connectivity index (χ1v) is 34.5. The summed E-state index contributed by atoms with van der Waals surface area (Å²) in [4.78, 5) is 12.1. The first-order chi connectivity index (χ1) is 45.8. The van der Waals surface area contributed by atoms with E-state index < -0.39 is 14.1 Å². The van der Waals surface area contributed by atoms with Crippen molar-refractivity contribution in [2.24, 2.45) is 0 Å². The number of pyridine rings is 1. The number of anilines is 7. The van der Waals surface area contributed by atoms with Gasteiger partial charge in [-0.1, -0.05) is 268 Å². The lowest BCUT2D eigenvalue weighted by Gasteiger charge is -2.43. The van der Waals surface area contributed by atoms with Crippen molar-refractivity contribution in [2.45, 2.75) is 131 Å². The molecule has 6 heteroatoms. The van der Waals surface area contributed by atoms with Gasteiger partial charge in [-0.25, -0.2) is 4.98 Å².